The first-order valence-corrected chi connectivity index (χ1v) is 7.80. The summed E-state index contributed by atoms with van der Waals surface area (Å²) in [6.07, 6.45) is 0. The van der Waals surface area contributed by atoms with Crippen LogP contribution in [0.25, 0.3) is 0 Å². The molecule has 0 spiro atoms. The maximum Gasteiger partial charge on any atom is 0.190 e. The Morgan fingerprint density at radius 2 is 1.75 bits per heavy atom. The Bertz CT molecular complexity index is 670. The van der Waals surface area contributed by atoms with Crippen molar-refractivity contribution in [3.63, 3.8) is 0 Å². The second kappa shape index (κ2) is 6.32. The van der Waals surface area contributed by atoms with Gasteiger partial charge in [0.2, 0.25) is 0 Å². The summed E-state index contributed by atoms with van der Waals surface area (Å²) in [4.78, 5) is -0.160. The Balaban J connectivity index is 2.41. The largest absolute Gasteiger partial charge is 0.507 e. The minimum atomic E-state index is -2.33. The molecule has 0 fully saturated rings. The van der Waals surface area contributed by atoms with Crippen molar-refractivity contribution in [2.75, 3.05) is 0 Å². The molecule has 0 amide bonds. The van der Waals surface area contributed by atoms with Gasteiger partial charge in [-0.25, -0.2) is 4.21 Å². The van der Waals surface area contributed by atoms with E-state index in [0.29, 0.717) is 4.47 Å². The lowest BCUT2D eigenvalue weighted by Crippen LogP contribution is -1.92. The fourth-order valence-electron chi connectivity index (χ4n) is 1.44. The number of benzene rings is 2. The van der Waals surface area contributed by atoms with E-state index in [2.05, 4.69) is 15.9 Å². The van der Waals surface area contributed by atoms with E-state index in [1.807, 2.05) is 0 Å². The summed E-state index contributed by atoms with van der Waals surface area (Å²) in [5.74, 6) is 0.148. The first-order valence-electron chi connectivity index (χ1n) is 5.14. The third kappa shape index (κ3) is 3.45. The van der Waals surface area contributed by atoms with E-state index in [1.165, 1.54) is 18.2 Å². The van der Waals surface area contributed by atoms with Crippen molar-refractivity contribution in [1.29, 1.82) is 0 Å². The molecule has 2 aromatic carbocycles. The molecular formula is C12H7BrCl2O4S. The van der Waals surface area contributed by atoms with Crippen molar-refractivity contribution in [3.05, 3.63) is 44.8 Å². The standard InChI is InChI=1S/C12H7BrCl2O4S/c13-6-3-8(14)12(9(15)4-6)19-7-1-2-10(16)11(5-7)20(17)18/h1-5,16H,(H,17,18). The molecule has 20 heavy (non-hydrogen) atoms. The summed E-state index contributed by atoms with van der Waals surface area (Å²) in [7, 11) is 0. The molecule has 1 unspecified atom stereocenters. The van der Waals surface area contributed by atoms with Gasteiger partial charge in [0, 0.05) is 10.5 Å². The van der Waals surface area contributed by atoms with Crippen LogP contribution in [0.5, 0.6) is 17.2 Å². The molecule has 1 atom stereocenters. The zero-order valence-electron chi connectivity index (χ0n) is 9.64. The van der Waals surface area contributed by atoms with Gasteiger partial charge in [-0.3, -0.25) is 0 Å². The number of hydrogen-bond donors (Lipinski definition) is 2. The van der Waals surface area contributed by atoms with E-state index in [9.17, 15) is 9.32 Å². The predicted molar refractivity (Wildman–Crippen MR) is 81.4 cm³/mol. The Labute approximate surface area is 135 Å². The predicted octanol–water partition coefficient (Wildman–Crippen LogP) is 4.83. The number of ether oxygens (including phenoxy) is 1. The second-order valence-electron chi connectivity index (χ2n) is 3.68. The molecule has 2 rings (SSSR count). The average molecular weight is 398 g/mol. The molecule has 0 aromatic heterocycles. The third-order valence-electron chi connectivity index (χ3n) is 2.30. The summed E-state index contributed by atoms with van der Waals surface area (Å²) >= 11 is 13.0. The highest BCUT2D eigenvalue weighted by atomic mass is 79.9. The Kier molecular flexibility index (Phi) is 4.93. The molecule has 2 aromatic rings. The SMILES string of the molecule is O=S(O)c1cc(Oc2c(Cl)cc(Br)cc2Cl)ccc1O. The highest BCUT2D eigenvalue weighted by molar-refractivity contribution is 9.10. The number of halogens is 3. The van der Waals surface area contributed by atoms with Gasteiger partial charge in [0.15, 0.2) is 16.8 Å². The lowest BCUT2D eigenvalue weighted by Gasteiger charge is -2.11. The minimum absolute atomic E-state index is 0.160. The van der Waals surface area contributed by atoms with E-state index in [1.54, 1.807) is 12.1 Å². The number of aromatic hydroxyl groups is 1. The zero-order valence-corrected chi connectivity index (χ0v) is 13.6. The van der Waals surface area contributed by atoms with Crippen LogP contribution >= 0.6 is 39.1 Å². The molecule has 0 saturated heterocycles. The first kappa shape index (κ1) is 15.6. The summed E-state index contributed by atoms with van der Waals surface area (Å²) in [6.45, 7) is 0. The van der Waals surface area contributed by atoms with Crippen LogP contribution in [0.1, 0.15) is 0 Å². The quantitative estimate of drug-likeness (QED) is 0.727. The van der Waals surface area contributed by atoms with Crippen molar-refractivity contribution in [1.82, 2.24) is 0 Å². The lowest BCUT2D eigenvalue weighted by molar-refractivity contribution is 0.447. The van der Waals surface area contributed by atoms with Crippen LogP contribution in [0.4, 0.5) is 0 Å². The summed E-state index contributed by atoms with van der Waals surface area (Å²) in [5.41, 5.74) is 0. The van der Waals surface area contributed by atoms with Crippen molar-refractivity contribution in [2.45, 2.75) is 4.90 Å². The minimum Gasteiger partial charge on any atom is -0.507 e. The van der Waals surface area contributed by atoms with Crippen LogP contribution in [0, 0.1) is 0 Å². The topological polar surface area (TPSA) is 66.8 Å². The van der Waals surface area contributed by atoms with Crippen LogP contribution in [0.3, 0.4) is 0 Å². The van der Waals surface area contributed by atoms with Crippen LogP contribution in [-0.4, -0.2) is 13.9 Å². The maximum atomic E-state index is 11.0. The van der Waals surface area contributed by atoms with E-state index in [0.717, 1.165) is 0 Å². The highest BCUT2D eigenvalue weighted by Crippen LogP contribution is 2.39. The lowest BCUT2D eigenvalue weighted by atomic mass is 10.3. The third-order valence-corrected chi connectivity index (χ3v) is 4.02. The first-order chi connectivity index (χ1) is 9.38. The number of hydrogen-bond acceptors (Lipinski definition) is 3. The molecule has 0 heterocycles. The van der Waals surface area contributed by atoms with E-state index >= 15 is 0 Å². The molecule has 0 radical (unpaired) electrons. The molecule has 4 nitrogen and oxygen atoms in total. The smallest absolute Gasteiger partial charge is 0.190 e. The molecule has 106 valence electrons. The van der Waals surface area contributed by atoms with Crippen LogP contribution in [0.15, 0.2) is 39.7 Å². The van der Waals surface area contributed by atoms with Gasteiger partial charge in [0.25, 0.3) is 0 Å². The van der Waals surface area contributed by atoms with Gasteiger partial charge in [-0.05, 0) is 24.3 Å². The molecule has 0 aliphatic rings. The van der Waals surface area contributed by atoms with Crippen molar-refractivity contribution < 1.29 is 18.6 Å². The number of phenols is 1. The van der Waals surface area contributed by atoms with Crippen molar-refractivity contribution >= 4 is 50.2 Å². The van der Waals surface area contributed by atoms with Gasteiger partial charge in [-0.1, -0.05) is 39.1 Å². The fraction of sp³-hybridized carbons (Fsp3) is 0. The number of rotatable bonds is 3. The average Bonchev–Trinajstić information content (AvgIpc) is 2.35. The maximum absolute atomic E-state index is 11.0. The molecule has 0 saturated carbocycles. The molecule has 2 N–H and O–H groups in total. The molecule has 8 heteroatoms. The van der Waals surface area contributed by atoms with Crippen molar-refractivity contribution in [2.24, 2.45) is 0 Å². The summed E-state index contributed by atoms with van der Waals surface area (Å²) in [6, 6.07) is 7.13. The molecule has 0 bridgehead atoms. The summed E-state index contributed by atoms with van der Waals surface area (Å²) < 4.78 is 26.3. The Morgan fingerprint density at radius 3 is 2.30 bits per heavy atom. The van der Waals surface area contributed by atoms with Crippen LogP contribution in [0.2, 0.25) is 10.0 Å². The second-order valence-corrected chi connectivity index (χ2v) is 6.35. The van der Waals surface area contributed by atoms with Gasteiger partial charge >= 0.3 is 0 Å². The van der Waals surface area contributed by atoms with Gasteiger partial charge in [0.1, 0.15) is 16.4 Å². The monoisotopic (exact) mass is 396 g/mol. The van der Waals surface area contributed by atoms with Gasteiger partial charge < -0.3 is 14.4 Å². The van der Waals surface area contributed by atoms with E-state index < -0.39 is 11.1 Å². The molecular weight excluding hydrogens is 391 g/mol. The summed E-state index contributed by atoms with van der Waals surface area (Å²) in [5, 5.41) is 10.0. The van der Waals surface area contributed by atoms with Crippen LogP contribution < -0.4 is 4.74 Å². The normalized spacial score (nSPS) is 12.2. The van der Waals surface area contributed by atoms with Crippen molar-refractivity contribution in [3.8, 4) is 17.2 Å². The highest BCUT2D eigenvalue weighted by Gasteiger charge is 2.13. The molecule has 0 aliphatic heterocycles. The van der Waals surface area contributed by atoms with Gasteiger partial charge in [0.05, 0.1) is 10.0 Å². The number of phenolic OH excluding ortho intramolecular Hbond substituents is 1. The molecule has 0 aliphatic carbocycles. The fourth-order valence-corrected chi connectivity index (χ4v) is 3.19. The van der Waals surface area contributed by atoms with Gasteiger partial charge in [-0.2, -0.15) is 0 Å². The van der Waals surface area contributed by atoms with E-state index in [4.69, 9.17) is 32.5 Å². The Morgan fingerprint density at radius 1 is 1.15 bits per heavy atom. The van der Waals surface area contributed by atoms with Gasteiger partial charge in [-0.15, -0.1) is 0 Å². The zero-order chi connectivity index (χ0) is 14.9. The van der Waals surface area contributed by atoms with Crippen LogP contribution in [-0.2, 0) is 11.1 Å². The van der Waals surface area contributed by atoms with E-state index in [-0.39, 0.29) is 32.2 Å². The Hall–Kier alpha value is -0.790.